The maximum absolute atomic E-state index is 11.2. The van der Waals surface area contributed by atoms with E-state index in [1.807, 2.05) is 24.3 Å². The molecule has 3 nitrogen and oxygen atoms in total. The van der Waals surface area contributed by atoms with Crippen molar-refractivity contribution in [3.8, 4) is 0 Å². The van der Waals surface area contributed by atoms with Gasteiger partial charge in [0.1, 0.15) is 0 Å². The molecule has 0 aliphatic heterocycles. The Labute approximate surface area is 111 Å². The molecule has 1 atom stereocenters. The van der Waals surface area contributed by atoms with Gasteiger partial charge >= 0.3 is 5.97 Å². The summed E-state index contributed by atoms with van der Waals surface area (Å²) in [7, 11) is 0. The summed E-state index contributed by atoms with van der Waals surface area (Å²) in [6, 6.07) is 7.50. The Hall–Kier alpha value is -0.710. The van der Waals surface area contributed by atoms with E-state index in [0.717, 1.165) is 5.56 Å². The summed E-state index contributed by atoms with van der Waals surface area (Å²) in [5.74, 6) is 0.114. The molecule has 0 heterocycles. The van der Waals surface area contributed by atoms with Crippen LogP contribution in [0.4, 0.5) is 0 Å². The normalized spacial score (nSPS) is 12.2. The molecule has 2 N–H and O–H groups in total. The van der Waals surface area contributed by atoms with Crippen LogP contribution in [-0.4, -0.2) is 24.9 Å². The Kier molecular flexibility index (Phi) is 6.40. The molecular formula is C12H16ClNO2S. The van der Waals surface area contributed by atoms with Crippen molar-refractivity contribution in [3.05, 3.63) is 34.9 Å². The Morgan fingerprint density at radius 2 is 2.12 bits per heavy atom. The van der Waals surface area contributed by atoms with Gasteiger partial charge in [-0.3, -0.25) is 4.79 Å². The van der Waals surface area contributed by atoms with Crippen molar-refractivity contribution >= 4 is 29.3 Å². The van der Waals surface area contributed by atoms with Crippen LogP contribution in [0.3, 0.4) is 0 Å². The van der Waals surface area contributed by atoms with Crippen LogP contribution >= 0.6 is 23.4 Å². The number of benzene rings is 1. The zero-order valence-corrected chi connectivity index (χ0v) is 11.3. The second-order valence-corrected chi connectivity index (χ2v) is 5.02. The van der Waals surface area contributed by atoms with Gasteiger partial charge in [-0.05, 0) is 24.6 Å². The lowest BCUT2D eigenvalue weighted by Crippen LogP contribution is -2.13. The summed E-state index contributed by atoms with van der Waals surface area (Å²) in [4.78, 5) is 11.2. The quantitative estimate of drug-likeness (QED) is 0.810. The van der Waals surface area contributed by atoms with Crippen LogP contribution in [0.25, 0.3) is 0 Å². The first kappa shape index (κ1) is 14.4. The minimum Gasteiger partial charge on any atom is -0.465 e. The highest BCUT2D eigenvalue weighted by Crippen LogP contribution is 2.28. The molecular weight excluding hydrogens is 258 g/mol. The van der Waals surface area contributed by atoms with Gasteiger partial charge in [0.05, 0.1) is 12.4 Å². The number of halogens is 1. The Balaban J connectivity index is 2.54. The monoisotopic (exact) mass is 273 g/mol. The third-order valence-electron chi connectivity index (χ3n) is 2.16. The van der Waals surface area contributed by atoms with E-state index in [4.69, 9.17) is 22.1 Å². The summed E-state index contributed by atoms with van der Waals surface area (Å²) < 4.78 is 4.87. The number of hydrogen-bond donors (Lipinski definition) is 1. The van der Waals surface area contributed by atoms with Crippen molar-refractivity contribution in [3.63, 3.8) is 0 Å². The maximum Gasteiger partial charge on any atom is 0.315 e. The van der Waals surface area contributed by atoms with Crippen molar-refractivity contribution < 1.29 is 9.53 Å². The van der Waals surface area contributed by atoms with Crippen LogP contribution in [0, 0.1) is 0 Å². The standard InChI is InChI=1S/C12H16ClNO2S/c1-2-16-12(15)8-17-11(7-14)9-3-5-10(13)6-4-9/h3-6,11H,2,7-8,14H2,1H3. The van der Waals surface area contributed by atoms with Crippen LogP contribution < -0.4 is 5.73 Å². The lowest BCUT2D eigenvalue weighted by atomic mass is 10.1. The van der Waals surface area contributed by atoms with E-state index in [-0.39, 0.29) is 11.2 Å². The first-order chi connectivity index (χ1) is 8.17. The molecule has 0 saturated heterocycles. The predicted molar refractivity (Wildman–Crippen MR) is 72.3 cm³/mol. The molecule has 94 valence electrons. The number of nitrogens with two attached hydrogens (primary N) is 1. The maximum atomic E-state index is 11.2. The van der Waals surface area contributed by atoms with Crippen LogP contribution in [0.2, 0.25) is 5.02 Å². The van der Waals surface area contributed by atoms with E-state index in [1.54, 1.807) is 6.92 Å². The van der Waals surface area contributed by atoms with Crippen molar-refractivity contribution in [2.75, 3.05) is 18.9 Å². The number of ether oxygens (including phenoxy) is 1. The molecule has 0 aliphatic rings. The molecule has 0 bridgehead atoms. The van der Waals surface area contributed by atoms with E-state index >= 15 is 0 Å². The summed E-state index contributed by atoms with van der Waals surface area (Å²) in [6.07, 6.45) is 0. The van der Waals surface area contributed by atoms with Gasteiger partial charge in [0.15, 0.2) is 0 Å². The largest absolute Gasteiger partial charge is 0.465 e. The fraction of sp³-hybridized carbons (Fsp3) is 0.417. The van der Waals surface area contributed by atoms with Gasteiger partial charge < -0.3 is 10.5 Å². The molecule has 0 aromatic heterocycles. The summed E-state index contributed by atoms with van der Waals surface area (Å²) in [5.41, 5.74) is 6.77. The molecule has 0 amide bonds. The molecule has 1 aromatic rings. The van der Waals surface area contributed by atoms with Crippen molar-refractivity contribution in [1.29, 1.82) is 0 Å². The van der Waals surface area contributed by atoms with E-state index in [9.17, 15) is 4.79 Å². The van der Waals surface area contributed by atoms with Crippen molar-refractivity contribution in [2.45, 2.75) is 12.2 Å². The zero-order valence-electron chi connectivity index (χ0n) is 9.69. The van der Waals surface area contributed by atoms with Gasteiger partial charge in [-0.25, -0.2) is 0 Å². The van der Waals surface area contributed by atoms with Crippen LogP contribution in [0.15, 0.2) is 24.3 Å². The van der Waals surface area contributed by atoms with Crippen molar-refractivity contribution in [2.24, 2.45) is 5.73 Å². The molecule has 17 heavy (non-hydrogen) atoms. The molecule has 0 radical (unpaired) electrons. The second kappa shape index (κ2) is 7.58. The minimum absolute atomic E-state index is 0.0941. The number of esters is 1. The van der Waals surface area contributed by atoms with E-state index in [1.165, 1.54) is 11.8 Å². The van der Waals surface area contributed by atoms with E-state index in [2.05, 4.69) is 0 Å². The highest BCUT2D eigenvalue weighted by Gasteiger charge is 2.12. The molecule has 0 aliphatic carbocycles. The minimum atomic E-state index is -0.204. The molecule has 1 unspecified atom stereocenters. The summed E-state index contributed by atoms with van der Waals surface area (Å²) >= 11 is 7.30. The fourth-order valence-electron chi connectivity index (χ4n) is 1.35. The first-order valence-corrected chi connectivity index (χ1v) is 6.82. The average molecular weight is 274 g/mol. The zero-order chi connectivity index (χ0) is 12.7. The van der Waals surface area contributed by atoms with Gasteiger partial charge in [0.25, 0.3) is 0 Å². The number of thioether (sulfide) groups is 1. The summed E-state index contributed by atoms with van der Waals surface area (Å²) in [6.45, 7) is 2.68. The second-order valence-electron chi connectivity index (χ2n) is 3.39. The van der Waals surface area contributed by atoms with Crippen LogP contribution in [0.1, 0.15) is 17.7 Å². The third kappa shape index (κ3) is 4.98. The Morgan fingerprint density at radius 1 is 1.47 bits per heavy atom. The van der Waals surface area contributed by atoms with E-state index < -0.39 is 0 Å². The van der Waals surface area contributed by atoms with Crippen LogP contribution in [-0.2, 0) is 9.53 Å². The molecule has 0 fully saturated rings. The highest BCUT2D eigenvalue weighted by molar-refractivity contribution is 8.00. The van der Waals surface area contributed by atoms with Crippen LogP contribution in [0.5, 0.6) is 0 Å². The van der Waals surface area contributed by atoms with Gasteiger partial charge in [-0.15, -0.1) is 11.8 Å². The SMILES string of the molecule is CCOC(=O)CSC(CN)c1ccc(Cl)cc1. The average Bonchev–Trinajstić information content (AvgIpc) is 2.32. The molecule has 1 rings (SSSR count). The van der Waals surface area contributed by atoms with Gasteiger partial charge in [0, 0.05) is 16.8 Å². The lowest BCUT2D eigenvalue weighted by Gasteiger charge is -2.14. The van der Waals surface area contributed by atoms with Crippen molar-refractivity contribution in [1.82, 2.24) is 0 Å². The number of carbonyl (C=O) groups excluding carboxylic acids is 1. The molecule has 0 saturated carbocycles. The number of carbonyl (C=O) groups is 1. The predicted octanol–water partition coefficient (Wildman–Crippen LogP) is 2.64. The van der Waals surface area contributed by atoms with E-state index in [0.29, 0.717) is 23.9 Å². The van der Waals surface area contributed by atoms with Gasteiger partial charge in [0.2, 0.25) is 0 Å². The molecule has 1 aromatic carbocycles. The highest BCUT2D eigenvalue weighted by atomic mass is 35.5. The summed E-state index contributed by atoms with van der Waals surface area (Å²) in [5, 5.41) is 0.789. The topological polar surface area (TPSA) is 52.3 Å². The lowest BCUT2D eigenvalue weighted by molar-refractivity contribution is -0.139. The smallest absolute Gasteiger partial charge is 0.315 e. The Morgan fingerprint density at radius 3 is 2.65 bits per heavy atom. The number of hydrogen-bond acceptors (Lipinski definition) is 4. The molecule has 0 spiro atoms. The fourth-order valence-corrected chi connectivity index (χ4v) is 2.38. The Bertz CT molecular complexity index is 356. The van der Waals surface area contributed by atoms with Gasteiger partial charge in [-0.2, -0.15) is 0 Å². The third-order valence-corrected chi connectivity index (χ3v) is 3.68. The molecule has 5 heteroatoms. The first-order valence-electron chi connectivity index (χ1n) is 5.40. The van der Waals surface area contributed by atoms with Gasteiger partial charge in [-0.1, -0.05) is 23.7 Å². The number of rotatable bonds is 6.